The Morgan fingerprint density at radius 2 is 1.95 bits per heavy atom. The first-order valence-electron chi connectivity index (χ1n) is 6.99. The number of urea groups is 1. The highest BCUT2D eigenvalue weighted by Gasteiger charge is 2.40. The van der Waals surface area contributed by atoms with Gasteiger partial charge in [-0.25, -0.2) is 14.8 Å². The van der Waals surface area contributed by atoms with E-state index >= 15 is 0 Å². The van der Waals surface area contributed by atoms with Gasteiger partial charge in [0.05, 0.1) is 13.2 Å². The van der Waals surface area contributed by atoms with E-state index in [1.807, 2.05) is 35.2 Å². The van der Waals surface area contributed by atoms with E-state index in [1.165, 1.54) is 0 Å². The van der Waals surface area contributed by atoms with Gasteiger partial charge in [0.1, 0.15) is 0 Å². The summed E-state index contributed by atoms with van der Waals surface area (Å²) >= 11 is 0. The Balaban J connectivity index is 1.94. The molecule has 0 saturated carbocycles. The predicted octanol–water partition coefficient (Wildman–Crippen LogP) is 0.834. The largest absolute Gasteiger partial charge is 0.352 e. The third kappa shape index (κ3) is 2.84. The molecule has 3 rings (SSSR count). The minimum Gasteiger partial charge on any atom is -0.352 e. The summed E-state index contributed by atoms with van der Waals surface area (Å²) in [5, 5.41) is 2.73. The average Bonchev–Trinajstić information content (AvgIpc) is 2.56. The second-order valence-corrected chi connectivity index (χ2v) is 5.00. The molecular weight excluding hydrogens is 282 g/mol. The van der Waals surface area contributed by atoms with Crippen LogP contribution in [0.15, 0.2) is 48.8 Å². The highest BCUT2D eigenvalue weighted by atomic mass is 16.5. The lowest BCUT2D eigenvalue weighted by molar-refractivity contribution is -0.0763. The van der Waals surface area contributed by atoms with Crippen molar-refractivity contribution in [1.82, 2.24) is 15.3 Å². The van der Waals surface area contributed by atoms with Gasteiger partial charge in [-0.15, -0.1) is 0 Å². The number of nitrogens with one attached hydrogen (secondary N) is 1. The van der Waals surface area contributed by atoms with Crippen molar-refractivity contribution in [3.63, 3.8) is 0 Å². The molecule has 0 aliphatic carbocycles. The Labute approximate surface area is 128 Å². The van der Waals surface area contributed by atoms with Gasteiger partial charge in [-0.3, -0.25) is 0 Å². The molecule has 22 heavy (non-hydrogen) atoms. The van der Waals surface area contributed by atoms with Crippen molar-refractivity contribution in [2.75, 3.05) is 24.6 Å². The zero-order chi connectivity index (χ0) is 15.4. The Kier molecular flexibility index (Phi) is 3.88. The molecule has 7 nitrogen and oxygen atoms in total. The molecule has 0 radical (unpaired) electrons. The third-order valence-electron chi connectivity index (χ3n) is 3.52. The molecule has 114 valence electrons. The van der Waals surface area contributed by atoms with Gasteiger partial charge in [0.2, 0.25) is 5.95 Å². The van der Waals surface area contributed by atoms with E-state index in [0.717, 1.165) is 5.56 Å². The fraction of sp³-hybridized carbons (Fsp3) is 0.267. The molecule has 1 aliphatic rings. The maximum Gasteiger partial charge on any atom is 0.314 e. The van der Waals surface area contributed by atoms with Crippen LogP contribution >= 0.6 is 0 Å². The maximum absolute atomic E-state index is 11.5. The zero-order valence-electron chi connectivity index (χ0n) is 12.0. The number of aromatic nitrogens is 2. The molecule has 1 unspecified atom stereocenters. The predicted molar refractivity (Wildman–Crippen MR) is 81.0 cm³/mol. The van der Waals surface area contributed by atoms with Gasteiger partial charge in [0, 0.05) is 24.5 Å². The monoisotopic (exact) mass is 299 g/mol. The Morgan fingerprint density at radius 3 is 2.64 bits per heavy atom. The van der Waals surface area contributed by atoms with Crippen LogP contribution in [0, 0.1) is 0 Å². The quantitative estimate of drug-likeness (QED) is 0.876. The Hall–Kier alpha value is -2.67. The van der Waals surface area contributed by atoms with Crippen molar-refractivity contribution < 1.29 is 9.53 Å². The normalized spacial score (nSPS) is 21.4. The molecule has 7 heteroatoms. The van der Waals surface area contributed by atoms with E-state index in [2.05, 4.69) is 15.3 Å². The van der Waals surface area contributed by atoms with Crippen LogP contribution in [0.4, 0.5) is 10.7 Å². The van der Waals surface area contributed by atoms with Gasteiger partial charge in [0.15, 0.2) is 5.72 Å². The number of hydrogen-bond donors (Lipinski definition) is 2. The molecule has 2 aromatic rings. The van der Waals surface area contributed by atoms with Gasteiger partial charge in [-0.1, -0.05) is 30.3 Å². The number of morpholine rings is 1. The highest BCUT2D eigenvalue weighted by molar-refractivity contribution is 5.73. The number of ether oxygens (including phenoxy) is 1. The van der Waals surface area contributed by atoms with Crippen LogP contribution < -0.4 is 16.0 Å². The molecule has 1 aromatic heterocycles. The molecule has 3 N–H and O–H groups in total. The van der Waals surface area contributed by atoms with Gasteiger partial charge in [-0.2, -0.15) is 0 Å². The van der Waals surface area contributed by atoms with E-state index in [4.69, 9.17) is 10.5 Å². The number of hydrogen-bond acceptors (Lipinski definition) is 5. The maximum atomic E-state index is 11.5. The third-order valence-corrected chi connectivity index (χ3v) is 3.52. The van der Waals surface area contributed by atoms with Crippen molar-refractivity contribution in [3.8, 4) is 0 Å². The van der Waals surface area contributed by atoms with Crippen LogP contribution in [0.1, 0.15) is 5.56 Å². The molecule has 1 aromatic carbocycles. The van der Waals surface area contributed by atoms with E-state index in [0.29, 0.717) is 25.6 Å². The summed E-state index contributed by atoms with van der Waals surface area (Å²) in [6.45, 7) is 1.44. The minimum atomic E-state index is -1.01. The summed E-state index contributed by atoms with van der Waals surface area (Å²) in [6.07, 6.45) is 3.37. The molecule has 1 fully saturated rings. The first kappa shape index (κ1) is 14.3. The minimum absolute atomic E-state index is 0.379. The molecule has 0 bridgehead atoms. The van der Waals surface area contributed by atoms with Crippen LogP contribution in [-0.2, 0) is 10.5 Å². The van der Waals surface area contributed by atoms with Crippen LogP contribution in [0.3, 0.4) is 0 Å². The van der Waals surface area contributed by atoms with E-state index < -0.39 is 11.8 Å². The van der Waals surface area contributed by atoms with Crippen molar-refractivity contribution in [2.24, 2.45) is 5.73 Å². The van der Waals surface area contributed by atoms with Crippen molar-refractivity contribution in [2.45, 2.75) is 5.72 Å². The zero-order valence-corrected chi connectivity index (χ0v) is 12.0. The summed E-state index contributed by atoms with van der Waals surface area (Å²) in [4.78, 5) is 21.9. The number of carbonyl (C=O) groups is 1. The fourth-order valence-corrected chi connectivity index (χ4v) is 2.58. The topological polar surface area (TPSA) is 93.4 Å². The van der Waals surface area contributed by atoms with Gasteiger partial charge >= 0.3 is 6.03 Å². The number of nitrogens with two attached hydrogens (primary N) is 1. The Morgan fingerprint density at radius 1 is 1.23 bits per heavy atom. The number of nitrogens with zero attached hydrogens (tertiary/aromatic N) is 3. The van der Waals surface area contributed by atoms with Gasteiger partial charge in [0.25, 0.3) is 0 Å². The number of rotatable bonds is 3. The van der Waals surface area contributed by atoms with Crippen LogP contribution in [0.25, 0.3) is 0 Å². The summed E-state index contributed by atoms with van der Waals surface area (Å²) in [5.41, 5.74) is 5.17. The Bertz CT molecular complexity index is 637. The second kappa shape index (κ2) is 5.98. The molecule has 1 aliphatic heterocycles. The first-order valence-corrected chi connectivity index (χ1v) is 6.99. The van der Waals surface area contributed by atoms with Crippen molar-refractivity contribution in [3.05, 3.63) is 54.4 Å². The number of amides is 2. The molecule has 0 spiro atoms. The highest BCUT2D eigenvalue weighted by Crippen LogP contribution is 2.28. The SMILES string of the molecule is NC(=O)NC1(c2ccccc2)CN(c2ncccn2)CCO1. The summed E-state index contributed by atoms with van der Waals surface area (Å²) in [5.74, 6) is 0.595. The number of carbonyl (C=O) groups excluding carboxylic acids is 1. The second-order valence-electron chi connectivity index (χ2n) is 5.00. The molecule has 1 atom stereocenters. The standard InChI is InChI=1S/C15H17N5O2/c16-13(21)19-15(12-5-2-1-3-6-12)11-20(9-10-22-15)14-17-7-4-8-18-14/h1-8H,9-11H2,(H3,16,19,21). The smallest absolute Gasteiger partial charge is 0.314 e. The molecule has 2 amide bonds. The summed E-state index contributed by atoms with van der Waals surface area (Å²) in [6, 6.07) is 10.6. The fourth-order valence-electron chi connectivity index (χ4n) is 2.58. The van der Waals surface area contributed by atoms with Crippen LogP contribution in [0.5, 0.6) is 0 Å². The summed E-state index contributed by atoms with van der Waals surface area (Å²) in [7, 11) is 0. The van der Waals surface area contributed by atoms with Crippen LogP contribution in [0.2, 0.25) is 0 Å². The van der Waals surface area contributed by atoms with Crippen molar-refractivity contribution in [1.29, 1.82) is 0 Å². The van der Waals surface area contributed by atoms with E-state index in [1.54, 1.807) is 18.5 Å². The van der Waals surface area contributed by atoms with E-state index in [-0.39, 0.29) is 0 Å². The van der Waals surface area contributed by atoms with Crippen LogP contribution in [-0.4, -0.2) is 35.7 Å². The lowest BCUT2D eigenvalue weighted by Gasteiger charge is -2.42. The van der Waals surface area contributed by atoms with Gasteiger partial charge in [-0.05, 0) is 6.07 Å². The molecular formula is C15H17N5O2. The first-order chi connectivity index (χ1) is 10.7. The lowest BCUT2D eigenvalue weighted by Crippen LogP contribution is -2.60. The van der Waals surface area contributed by atoms with Crippen molar-refractivity contribution >= 4 is 12.0 Å². The molecule has 1 saturated heterocycles. The number of anilines is 1. The van der Waals surface area contributed by atoms with E-state index in [9.17, 15) is 4.79 Å². The average molecular weight is 299 g/mol. The number of primary amides is 1. The summed E-state index contributed by atoms with van der Waals surface area (Å²) < 4.78 is 5.91. The number of benzene rings is 1. The van der Waals surface area contributed by atoms with Gasteiger partial charge < -0.3 is 20.7 Å². The lowest BCUT2D eigenvalue weighted by atomic mass is 10.0. The molecule has 2 heterocycles.